The molecule has 1 aliphatic carbocycles. The van der Waals surface area contributed by atoms with Crippen LogP contribution in [0.1, 0.15) is 18.5 Å². The van der Waals surface area contributed by atoms with Gasteiger partial charge in [0, 0.05) is 30.4 Å². The van der Waals surface area contributed by atoms with Gasteiger partial charge in [0.05, 0.1) is 12.8 Å². The molecule has 2 aromatic rings. The number of halogens is 2. The standard InChI is InChI=1S/C15H16F2N4O/c1-22-12-4-6-19-14(21-12)20-9-15(7-10(16)8-15)13-11(17)3-2-5-18-13/h2-6,10H,7-9H2,1H3,(H,19,20,21)/t10-,15-. The number of anilines is 1. The molecule has 1 aliphatic rings. The van der Waals surface area contributed by atoms with E-state index in [0.29, 0.717) is 24.1 Å². The van der Waals surface area contributed by atoms with Gasteiger partial charge in [-0.3, -0.25) is 4.98 Å². The van der Waals surface area contributed by atoms with Crippen LogP contribution in [0.5, 0.6) is 5.88 Å². The van der Waals surface area contributed by atoms with E-state index >= 15 is 0 Å². The van der Waals surface area contributed by atoms with Crippen molar-refractivity contribution in [3.05, 3.63) is 42.1 Å². The topological polar surface area (TPSA) is 59.9 Å². The summed E-state index contributed by atoms with van der Waals surface area (Å²) in [6.07, 6.45) is 2.61. The van der Waals surface area contributed by atoms with E-state index in [0.717, 1.165) is 0 Å². The van der Waals surface area contributed by atoms with Crippen LogP contribution in [0.3, 0.4) is 0 Å². The van der Waals surface area contributed by atoms with Crippen LogP contribution in [-0.2, 0) is 5.41 Å². The molecule has 0 spiro atoms. The molecule has 0 atom stereocenters. The summed E-state index contributed by atoms with van der Waals surface area (Å²) in [6.45, 7) is 0.314. The van der Waals surface area contributed by atoms with Crippen LogP contribution in [-0.4, -0.2) is 34.8 Å². The van der Waals surface area contributed by atoms with Crippen molar-refractivity contribution in [1.82, 2.24) is 15.0 Å². The average molecular weight is 306 g/mol. The number of hydrogen-bond donors (Lipinski definition) is 1. The summed E-state index contributed by atoms with van der Waals surface area (Å²) in [5.74, 6) is 0.368. The first-order valence-corrected chi connectivity index (χ1v) is 6.99. The number of nitrogens with one attached hydrogen (secondary N) is 1. The first kappa shape index (κ1) is 14.6. The van der Waals surface area contributed by atoms with Crippen LogP contribution in [0, 0.1) is 5.82 Å². The third kappa shape index (κ3) is 2.70. The molecule has 0 aromatic carbocycles. The highest BCUT2D eigenvalue weighted by Crippen LogP contribution is 2.45. The Morgan fingerprint density at radius 3 is 2.82 bits per heavy atom. The molecule has 0 unspecified atom stereocenters. The van der Waals surface area contributed by atoms with Crippen molar-refractivity contribution >= 4 is 5.95 Å². The summed E-state index contributed by atoms with van der Waals surface area (Å²) in [7, 11) is 1.51. The number of ether oxygens (including phenoxy) is 1. The molecule has 2 heterocycles. The smallest absolute Gasteiger partial charge is 0.225 e. The number of alkyl halides is 1. The second-order valence-corrected chi connectivity index (χ2v) is 5.40. The second kappa shape index (κ2) is 5.82. The summed E-state index contributed by atoms with van der Waals surface area (Å²) >= 11 is 0. The lowest BCUT2D eigenvalue weighted by atomic mass is 9.65. The van der Waals surface area contributed by atoms with Crippen LogP contribution >= 0.6 is 0 Å². The zero-order valence-corrected chi connectivity index (χ0v) is 12.1. The third-order valence-electron chi connectivity index (χ3n) is 3.91. The second-order valence-electron chi connectivity index (χ2n) is 5.40. The predicted molar refractivity (Wildman–Crippen MR) is 77.1 cm³/mol. The molecule has 3 rings (SSSR count). The molecule has 116 valence electrons. The van der Waals surface area contributed by atoms with Crippen molar-refractivity contribution in [3.8, 4) is 5.88 Å². The number of pyridine rings is 1. The van der Waals surface area contributed by atoms with Crippen LogP contribution in [0.25, 0.3) is 0 Å². The molecule has 0 saturated heterocycles. The van der Waals surface area contributed by atoms with E-state index in [1.54, 1.807) is 12.3 Å². The zero-order chi connectivity index (χ0) is 15.6. The summed E-state index contributed by atoms with van der Waals surface area (Å²) in [5, 5.41) is 3.03. The summed E-state index contributed by atoms with van der Waals surface area (Å²) in [4.78, 5) is 12.3. The Hall–Kier alpha value is -2.31. The van der Waals surface area contributed by atoms with Crippen molar-refractivity contribution < 1.29 is 13.5 Å². The van der Waals surface area contributed by atoms with Crippen molar-refractivity contribution in [3.63, 3.8) is 0 Å². The Balaban J connectivity index is 1.79. The Labute approximate surface area is 126 Å². The SMILES string of the molecule is COc1ccnc(NC[C@]2(c3ncccc3F)C[C@H](F)C2)n1. The van der Waals surface area contributed by atoms with Gasteiger partial charge in [0.25, 0.3) is 0 Å². The van der Waals surface area contributed by atoms with E-state index in [1.807, 2.05) is 0 Å². The minimum absolute atomic E-state index is 0.234. The van der Waals surface area contributed by atoms with Crippen molar-refractivity contribution in [1.29, 1.82) is 0 Å². The van der Waals surface area contributed by atoms with Gasteiger partial charge in [0.15, 0.2) is 0 Å². The number of aromatic nitrogens is 3. The fourth-order valence-corrected chi connectivity index (χ4v) is 2.77. The van der Waals surface area contributed by atoms with E-state index in [2.05, 4.69) is 20.3 Å². The highest BCUT2D eigenvalue weighted by Gasteiger charge is 2.48. The van der Waals surface area contributed by atoms with Gasteiger partial charge in [-0.1, -0.05) is 0 Å². The highest BCUT2D eigenvalue weighted by molar-refractivity contribution is 5.33. The largest absolute Gasteiger partial charge is 0.481 e. The molecule has 1 fully saturated rings. The summed E-state index contributed by atoms with van der Waals surface area (Å²) in [5.41, 5.74) is -0.378. The van der Waals surface area contributed by atoms with Crippen LogP contribution in [0.4, 0.5) is 14.7 Å². The highest BCUT2D eigenvalue weighted by atomic mass is 19.1. The van der Waals surface area contributed by atoms with Crippen LogP contribution in [0.15, 0.2) is 30.6 Å². The molecule has 2 aromatic heterocycles. The van der Waals surface area contributed by atoms with E-state index in [4.69, 9.17) is 4.74 Å². The van der Waals surface area contributed by atoms with Gasteiger partial charge in [-0.2, -0.15) is 4.98 Å². The molecule has 22 heavy (non-hydrogen) atoms. The molecule has 7 heteroatoms. The van der Waals surface area contributed by atoms with Gasteiger partial charge in [0.2, 0.25) is 11.8 Å². The first-order chi connectivity index (χ1) is 10.6. The Morgan fingerprint density at radius 2 is 2.14 bits per heavy atom. The van der Waals surface area contributed by atoms with Gasteiger partial charge >= 0.3 is 0 Å². The van der Waals surface area contributed by atoms with Gasteiger partial charge in [-0.25, -0.2) is 13.8 Å². The molecule has 0 amide bonds. The molecule has 0 aliphatic heterocycles. The van der Waals surface area contributed by atoms with Gasteiger partial charge in [-0.15, -0.1) is 0 Å². The van der Waals surface area contributed by atoms with E-state index < -0.39 is 17.4 Å². The number of methoxy groups -OCH3 is 1. The van der Waals surface area contributed by atoms with E-state index in [9.17, 15) is 8.78 Å². The lowest BCUT2D eigenvalue weighted by Gasteiger charge is -2.43. The minimum atomic E-state index is -0.936. The van der Waals surface area contributed by atoms with Gasteiger partial charge in [0.1, 0.15) is 12.0 Å². The summed E-state index contributed by atoms with van der Waals surface area (Å²) in [6, 6.07) is 4.49. The molecular weight excluding hydrogens is 290 g/mol. The first-order valence-electron chi connectivity index (χ1n) is 6.99. The Morgan fingerprint density at radius 1 is 1.32 bits per heavy atom. The van der Waals surface area contributed by atoms with Crippen LogP contribution in [0.2, 0.25) is 0 Å². The fourth-order valence-electron chi connectivity index (χ4n) is 2.77. The average Bonchev–Trinajstić information content (AvgIpc) is 2.51. The fraction of sp³-hybridized carbons (Fsp3) is 0.400. The monoisotopic (exact) mass is 306 g/mol. The zero-order valence-electron chi connectivity index (χ0n) is 12.1. The normalized spacial score (nSPS) is 23.7. The Bertz CT molecular complexity index is 661. The van der Waals surface area contributed by atoms with Gasteiger partial charge in [-0.05, 0) is 25.0 Å². The maximum absolute atomic E-state index is 14.0. The molecular formula is C15H16F2N4O. The van der Waals surface area contributed by atoms with E-state index in [-0.39, 0.29) is 12.8 Å². The maximum atomic E-state index is 14.0. The summed E-state index contributed by atoms with van der Waals surface area (Å²) < 4.78 is 32.5. The number of nitrogens with zero attached hydrogens (tertiary/aromatic N) is 3. The maximum Gasteiger partial charge on any atom is 0.225 e. The van der Waals surface area contributed by atoms with E-state index in [1.165, 1.54) is 25.4 Å². The molecule has 1 saturated carbocycles. The third-order valence-corrected chi connectivity index (χ3v) is 3.91. The number of hydrogen-bond acceptors (Lipinski definition) is 5. The molecule has 0 bridgehead atoms. The van der Waals surface area contributed by atoms with Crippen molar-refractivity contribution in [2.45, 2.75) is 24.4 Å². The Kier molecular flexibility index (Phi) is 3.87. The minimum Gasteiger partial charge on any atom is -0.481 e. The van der Waals surface area contributed by atoms with Crippen molar-refractivity contribution in [2.24, 2.45) is 0 Å². The predicted octanol–water partition coefficient (Wildman–Crippen LogP) is 2.50. The lowest BCUT2D eigenvalue weighted by Crippen LogP contribution is -2.49. The van der Waals surface area contributed by atoms with Crippen LogP contribution < -0.4 is 10.1 Å². The quantitative estimate of drug-likeness (QED) is 0.919. The molecule has 5 nitrogen and oxygen atoms in total. The van der Waals surface area contributed by atoms with Gasteiger partial charge < -0.3 is 10.1 Å². The molecule has 0 radical (unpaired) electrons. The lowest BCUT2D eigenvalue weighted by molar-refractivity contribution is 0.0963. The number of rotatable bonds is 5. The molecule has 1 N–H and O–H groups in total. The van der Waals surface area contributed by atoms with Crippen molar-refractivity contribution in [2.75, 3.05) is 19.0 Å².